The lowest BCUT2D eigenvalue weighted by atomic mass is 9.50. The van der Waals surface area contributed by atoms with Crippen molar-refractivity contribution in [3.05, 3.63) is 0 Å². The largest absolute Gasteiger partial charge is 0.298 e. The molecule has 1 aliphatic carbocycles. The summed E-state index contributed by atoms with van der Waals surface area (Å²) in [6, 6.07) is 0. The third-order valence-corrected chi connectivity index (χ3v) is 3.76. The first-order chi connectivity index (χ1) is 6.11. The summed E-state index contributed by atoms with van der Waals surface area (Å²) in [5, 5.41) is 0. The molecule has 0 unspecified atom stereocenters. The molecule has 1 fully saturated rings. The summed E-state index contributed by atoms with van der Waals surface area (Å²) in [6.07, 6.45) is 3.40. The third kappa shape index (κ3) is 1.62. The predicted molar refractivity (Wildman–Crippen MR) is 60.2 cm³/mol. The van der Waals surface area contributed by atoms with Crippen molar-refractivity contribution in [2.75, 3.05) is 0 Å². The topological polar surface area (TPSA) is 17.1 Å². The fourth-order valence-corrected chi connectivity index (χ4v) is 2.57. The Morgan fingerprint density at radius 3 is 1.50 bits per heavy atom. The lowest BCUT2D eigenvalue weighted by molar-refractivity contribution is -0.152. The van der Waals surface area contributed by atoms with Gasteiger partial charge < -0.3 is 0 Å². The average molecular weight is 196 g/mol. The van der Waals surface area contributed by atoms with Crippen LogP contribution in [0.4, 0.5) is 0 Å². The van der Waals surface area contributed by atoms with Crippen molar-refractivity contribution in [3.8, 4) is 0 Å². The first-order valence-electron chi connectivity index (χ1n) is 5.66. The first-order valence-corrected chi connectivity index (χ1v) is 5.66. The molecule has 0 saturated heterocycles. The fourth-order valence-electron chi connectivity index (χ4n) is 2.57. The number of rotatable bonds is 1. The van der Waals surface area contributed by atoms with Gasteiger partial charge in [-0.05, 0) is 18.3 Å². The van der Waals surface area contributed by atoms with Gasteiger partial charge in [-0.15, -0.1) is 0 Å². The van der Waals surface area contributed by atoms with Gasteiger partial charge in [0.1, 0.15) is 5.78 Å². The Hall–Kier alpha value is -0.330. The van der Waals surface area contributed by atoms with E-state index in [0.717, 1.165) is 12.8 Å². The Morgan fingerprint density at radius 1 is 1.00 bits per heavy atom. The average Bonchev–Trinajstić information content (AvgIpc) is 1.77. The molecule has 0 aromatic rings. The van der Waals surface area contributed by atoms with Gasteiger partial charge in [0.15, 0.2) is 0 Å². The maximum atomic E-state index is 12.4. The Kier molecular flexibility index (Phi) is 2.58. The van der Waals surface area contributed by atoms with Crippen LogP contribution in [0.2, 0.25) is 0 Å². The number of hydrogen-bond donors (Lipinski definition) is 0. The number of hydrogen-bond acceptors (Lipinski definition) is 1. The summed E-state index contributed by atoms with van der Waals surface area (Å²) < 4.78 is 0. The zero-order chi connectivity index (χ0) is 11.2. The van der Waals surface area contributed by atoms with Gasteiger partial charge in [0.25, 0.3) is 0 Å². The van der Waals surface area contributed by atoms with Crippen LogP contribution >= 0.6 is 0 Å². The molecule has 0 spiro atoms. The Balaban J connectivity index is 2.98. The van der Waals surface area contributed by atoms with E-state index in [1.807, 2.05) is 20.8 Å². The second-order valence-corrected chi connectivity index (χ2v) is 6.76. The van der Waals surface area contributed by atoms with Crippen molar-refractivity contribution in [2.45, 2.75) is 60.8 Å². The number of Topliss-reactive ketones (excluding diaryl/α,β-unsaturated/α-hetero) is 1. The molecule has 14 heavy (non-hydrogen) atoms. The molecule has 0 atom stereocenters. The molecule has 0 aromatic heterocycles. The van der Waals surface area contributed by atoms with Crippen LogP contribution in [0.15, 0.2) is 0 Å². The highest BCUT2D eigenvalue weighted by molar-refractivity contribution is 5.90. The van der Waals surface area contributed by atoms with Crippen molar-refractivity contribution in [1.82, 2.24) is 0 Å². The minimum absolute atomic E-state index is 0.0365. The Labute approximate surface area is 88.3 Å². The number of ketones is 1. The second kappa shape index (κ2) is 3.08. The van der Waals surface area contributed by atoms with Crippen LogP contribution in [-0.4, -0.2) is 5.78 Å². The van der Waals surface area contributed by atoms with Crippen LogP contribution in [0.1, 0.15) is 60.8 Å². The first kappa shape index (κ1) is 11.7. The molecule has 1 saturated carbocycles. The molecule has 0 aliphatic heterocycles. The zero-order valence-corrected chi connectivity index (χ0v) is 10.5. The van der Waals surface area contributed by atoms with Crippen LogP contribution in [0.25, 0.3) is 0 Å². The minimum atomic E-state index is -0.187. The Bertz CT molecular complexity index is 233. The van der Waals surface area contributed by atoms with Crippen LogP contribution < -0.4 is 0 Å². The van der Waals surface area contributed by atoms with Gasteiger partial charge in [-0.1, -0.05) is 48.0 Å². The highest BCUT2D eigenvalue weighted by Gasteiger charge is 2.54. The van der Waals surface area contributed by atoms with E-state index in [2.05, 4.69) is 20.8 Å². The molecule has 82 valence electrons. The SMILES string of the molecule is CC(C)(C)C(=O)C1(C(C)(C)C)CCC1. The third-order valence-electron chi connectivity index (χ3n) is 3.76. The van der Waals surface area contributed by atoms with Crippen molar-refractivity contribution in [1.29, 1.82) is 0 Å². The lowest BCUT2D eigenvalue weighted by Gasteiger charge is -2.52. The summed E-state index contributed by atoms with van der Waals surface area (Å²) >= 11 is 0. The van der Waals surface area contributed by atoms with Crippen molar-refractivity contribution < 1.29 is 4.79 Å². The highest BCUT2D eigenvalue weighted by Crippen LogP contribution is 2.56. The van der Waals surface area contributed by atoms with Gasteiger partial charge in [-0.2, -0.15) is 0 Å². The number of carbonyl (C=O) groups excluding carboxylic acids is 1. The predicted octanol–water partition coefficient (Wildman–Crippen LogP) is 3.82. The van der Waals surface area contributed by atoms with Gasteiger partial charge in [0, 0.05) is 10.8 Å². The fraction of sp³-hybridized carbons (Fsp3) is 0.923. The van der Waals surface area contributed by atoms with Crippen molar-refractivity contribution in [3.63, 3.8) is 0 Å². The van der Waals surface area contributed by atoms with Gasteiger partial charge in [-0.3, -0.25) is 4.79 Å². The van der Waals surface area contributed by atoms with Crippen LogP contribution in [0.5, 0.6) is 0 Å². The molecule has 1 rings (SSSR count). The van der Waals surface area contributed by atoms with Crippen molar-refractivity contribution >= 4 is 5.78 Å². The molecule has 0 radical (unpaired) electrons. The van der Waals surface area contributed by atoms with E-state index in [4.69, 9.17) is 0 Å². The monoisotopic (exact) mass is 196 g/mol. The molecule has 0 amide bonds. The van der Waals surface area contributed by atoms with E-state index >= 15 is 0 Å². The molecular formula is C13H24O. The smallest absolute Gasteiger partial charge is 0.144 e. The van der Waals surface area contributed by atoms with Crippen LogP contribution in [0.3, 0.4) is 0 Å². The molecule has 0 N–H and O–H groups in total. The second-order valence-electron chi connectivity index (χ2n) is 6.76. The number of carbonyl (C=O) groups is 1. The van der Waals surface area contributed by atoms with E-state index < -0.39 is 0 Å². The lowest BCUT2D eigenvalue weighted by Crippen LogP contribution is -2.52. The van der Waals surface area contributed by atoms with E-state index in [1.165, 1.54) is 6.42 Å². The minimum Gasteiger partial charge on any atom is -0.298 e. The summed E-state index contributed by atoms with van der Waals surface area (Å²) in [5.74, 6) is 0.462. The van der Waals surface area contributed by atoms with E-state index in [-0.39, 0.29) is 16.2 Å². The van der Waals surface area contributed by atoms with Crippen LogP contribution in [0, 0.1) is 16.2 Å². The normalized spacial score (nSPS) is 21.6. The maximum absolute atomic E-state index is 12.4. The molecule has 1 aliphatic rings. The standard InChI is InChI=1S/C13H24O/c1-11(2,3)10(14)13(8-7-9-13)12(4,5)6/h7-9H2,1-6H3. The summed E-state index contributed by atoms with van der Waals surface area (Å²) in [6.45, 7) is 12.7. The van der Waals surface area contributed by atoms with E-state index in [1.54, 1.807) is 0 Å². The molecule has 1 heteroatoms. The molecule has 0 aromatic carbocycles. The van der Waals surface area contributed by atoms with E-state index in [9.17, 15) is 4.79 Å². The highest BCUT2D eigenvalue weighted by atomic mass is 16.1. The quantitative estimate of drug-likeness (QED) is 0.623. The zero-order valence-electron chi connectivity index (χ0n) is 10.5. The van der Waals surface area contributed by atoms with Gasteiger partial charge >= 0.3 is 0 Å². The molecule has 0 heterocycles. The Morgan fingerprint density at radius 2 is 1.43 bits per heavy atom. The van der Waals surface area contributed by atoms with Crippen LogP contribution in [-0.2, 0) is 4.79 Å². The van der Waals surface area contributed by atoms with Gasteiger partial charge in [0.05, 0.1) is 0 Å². The summed E-state index contributed by atoms with van der Waals surface area (Å²) in [7, 11) is 0. The van der Waals surface area contributed by atoms with Gasteiger partial charge in [-0.25, -0.2) is 0 Å². The van der Waals surface area contributed by atoms with Gasteiger partial charge in [0.2, 0.25) is 0 Å². The molecule has 0 bridgehead atoms. The van der Waals surface area contributed by atoms with Crippen molar-refractivity contribution in [2.24, 2.45) is 16.2 Å². The molecular weight excluding hydrogens is 172 g/mol. The maximum Gasteiger partial charge on any atom is 0.144 e. The van der Waals surface area contributed by atoms with E-state index in [0.29, 0.717) is 5.78 Å². The molecule has 1 nitrogen and oxygen atoms in total. The summed E-state index contributed by atoms with van der Waals surface area (Å²) in [5.41, 5.74) is -0.103. The summed E-state index contributed by atoms with van der Waals surface area (Å²) in [4.78, 5) is 12.4.